The van der Waals surface area contributed by atoms with Gasteiger partial charge in [0.2, 0.25) is 0 Å². The summed E-state index contributed by atoms with van der Waals surface area (Å²) in [5.74, 6) is -2.37. The summed E-state index contributed by atoms with van der Waals surface area (Å²) in [7, 11) is -9.99. The fourth-order valence-corrected chi connectivity index (χ4v) is 11.7. The zero-order valence-electron chi connectivity index (χ0n) is 62.6. The number of phosphoric ester groups is 2. The van der Waals surface area contributed by atoms with Gasteiger partial charge in [0.1, 0.15) is 19.3 Å². The average molecular weight is 1450 g/mol. The Labute approximate surface area is 606 Å². The van der Waals surface area contributed by atoms with E-state index in [2.05, 4.69) is 125 Å². The van der Waals surface area contributed by atoms with Crippen molar-refractivity contribution in [1.82, 2.24) is 0 Å². The normalized spacial score (nSPS) is 14.6. The Kier molecular flexibility index (Phi) is 69.5. The lowest BCUT2D eigenvalue weighted by Gasteiger charge is -2.21. The predicted molar refractivity (Wildman–Crippen MR) is 408 cm³/mol. The minimum atomic E-state index is -5.00. The molecule has 0 aliphatic heterocycles. The third kappa shape index (κ3) is 71.8. The Balaban J connectivity index is 5.45. The summed E-state index contributed by atoms with van der Waals surface area (Å²) in [4.78, 5) is 72.8. The Morgan fingerprint density at radius 1 is 0.300 bits per heavy atom. The van der Waals surface area contributed by atoms with Crippen LogP contribution in [-0.2, 0) is 65.4 Å². The van der Waals surface area contributed by atoms with Crippen LogP contribution in [0.5, 0.6) is 0 Å². The Bertz CT molecular complexity index is 2370. The molecule has 0 radical (unpaired) electrons. The number of phosphoric acid groups is 2. The van der Waals surface area contributed by atoms with E-state index in [1.807, 2.05) is 18.2 Å². The fourth-order valence-electron chi connectivity index (χ4n) is 10.1. The first kappa shape index (κ1) is 95.5. The topological polar surface area (TPSA) is 237 Å². The third-order valence-corrected chi connectivity index (χ3v) is 17.9. The maximum Gasteiger partial charge on any atom is 0.472 e. The van der Waals surface area contributed by atoms with Crippen LogP contribution in [0.15, 0.2) is 122 Å². The zero-order chi connectivity index (χ0) is 73.2. The third-order valence-electron chi connectivity index (χ3n) is 16.0. The molecular formula is C81H138O17P2. The van der Waals surface area contributed by atoms with Crippen molar-refractivity contribution in [2.24, 2.45) is 0 Å². The van der Waals surface area contributed by atoms with Crippen molar-refractivity contribution in [3.63, 3.8) is 0 Å². The molecule has 17 nitrogen and oxygen atoms in total. The monoisotopic (exact) mass is 1440 g/mol. The Hall–Kier alpha value is -4.54. The average Bonchev–Trinajstić information content (AvgIpc) is 1.01. The summed E-state index contributed by atoms with van der Waals surface area (Å²) in [6.45, 7) is 4.49. The second-order valence-electron chi connectivity index (χ2n) is 25.6. The van der Waals surface area contributed by atoms with Crippen molar-refractivity contribution in [3.8, 4) is 0 Å². The molecular weight excluding hydrogens is 1310 g/mol. The van der Waals surface area contributed by atoms with Crippen LogP contribution in [0.1, 0.15) is 310 Å². The molecule has 0 amide bonds. The van der Waals surface area contributed by atoms with E-state index >= 15 is 0 Å². The van der Waals surface area contributed by atoms with Crippen LogP contribution in [0.4, 0.5) is 0 Å². The maximum atomic E-state index is 13.1. The largest absolute Gasteiger partial charge is 0.472 e. The number of aliphatic hydroxyl groups is 1. The molecule has 5 unspecified atom stereocenters. The minimum absolute atomic E-state index is 0.0635. The highest BCUT2D eigenvalue weighted by Gasteiger charge is 2.30. The summed E-state index contributed by atoms with van der Waals surface area (Å²) in [6, 6.07) is 0. The van der Waals surface area contributed by atoms with Gasteiger partial charge < -0.3 is 33.8 Å². The molecule has 0 aromatic carbocycles. The van der Waals surface area contributed by atoms with Crippen LogP contribution >= 0.6 is 15.6 Å². The highest BCUT2D eigenvalue weighted by atomic mass is 31.2. The van der Waals surface area contributed by atoms with Gasteiger partial charge in [-0.1, -0.05) is 290 Å². The van der Waals surface area contributed by atoms with E-state index in [1.54, 1.807) is 6.08 Å². The molecule has 0 spiro atoms. The lowest BCUT2D eigenvalue weighted by Crippen LogP contribution is -2.30. The molecule has 0 aliphatic carbocycles. The SMILES string of the molecule is CC/C=C\C/C=C\C/C=C\C/C=C\C/C=C\CC(=O)OCC(COP(=O)(O)OCC(O)COP(=O)(O)OCC(COC(=O)CCCC/C=C\C/C=C\C/C=C\C/C=C\CC)OC(=O)CCCCCCCCCCCCCCCCC)OC(=O)CCCCCCC/C=C\CCCCCCCC. The highest BCUT2D eigenvalue weighted by molar-refractivity contribution is 7.47. The van der Waals surface area contributed by atoms with Gasteiger partial charge in [0.15, 0.2) is 12.2 Å². The predicted octanol–water partition coefficient (Wildman–Crippen LogP) is 22.3. The first-order chi connectivity index (χ1) is 48.7. The van der Waals surface area contributed by atoms with Crippen LogP contribution in [0.2, 0.25) is 0 Å². The Morgan fingerprint density at radius 2 is 0.560 bits per heavy atom. The van der Waals surface area contributed by atoms with Gasteiger partial charge >= 0.3 is 39.5 Å². The van der Waals surface area contributed by atoms with Gasteiger partial charge in [-0.3, -0.25) is 37.3 Å². The van der Waals surface area contributed by atoms with Crippen molar-refractivity contribution in [2.45, 2.75) is 329 Å². The maximum absolute atomic E-state index is 13.1. The molecule has 19 heteroatoms. The second-order valence-corrected chi connectivity index (χ2v) is 28.5. The number of esters is 4. The molecule has 0 heterocycles. The molecule has 574 valence electrons. The quantitative estimate of drug-likeness (QED) is 0.0169. The smallest absolute Gasteiger partial charge is 0.462 e. The number of unbranched alkanes of at least 4 members (excludes halogenated alkanes) is 27. The second kappa shape index (κ2) is 72.8. The number of carbonyl (C=O) groups is 4. The molecule has 0 rings (SSSR count). The lowest BCUT2D eigenvalue weighted by molar-refractivity contribution is -0.161. The van der Waals surface area contributed by atoms with Crippen LogP contribution in [-0.4, -0.2) is 96.7 Å². The zero-order valence-corrected chi connectivity index (χ0v) is 64.4. The van der Waals surface area contributed by atoms with Crippen LogP contribution in [0.25, 0.3) is 0 Å². The number of ether oxygens (including phenoxy) is 4. The number of hydrogen-bond donors (Lipinski definition) is 3. The molecule has 0 aromatic rings. The first-order valence-corrected chi connectivity index (χ1v) is 41.8. The summed E-state index contributed by atoms with van der Waals surface area (Å²) in [5, 5.41) is 10.6. The van der Waals surface area contributed by atoms with Crippen molar-refractivity contribution in [1.29, 1.82) is 0 Å². The van der Waals surface area contributed by atoms with Gasteiger partial charge in [0.05, 0.1) is 32.8 Å². The molecule has 0 saturated heterocycles. The van der Waals surface area contributed by atoms with Gasteiger partial charge in [-0.15, -0.1) is 0 Å². The van der Waals surface area contributed by atoms with Gasteiger partial charge in [-0.05, 0) is 116 Å². The highest BCUT2D eigenvalue weighted by Crippen LogP contribution is 2.45. The van der Waals surface area contributed by atoms with Gasteiger partial charge in [-0.25, -0.2) is 9.13 Å². The standard InChI is InChI=1S/C81H138O17P2/c1-5-9-13-17-21-25-29-33-37-41-45-49-53-57-61-65-78(83)91-71-76(97-80(85)67-63-59-55-51-47-43-39-35-31-27-23-19-15-11-7-3)73-95-99(87,88)93-69-75(82)70-94-100(89,90)96-74-77(98-81(86)68-64-60-56-52-48-44-40-36-32-28-24-20-16-12-8-4)72-92-79(84)66-62-58-54-50-46-42-38-34-30-26-22-18-14-10-6-2/h9-10,13-14,21-22,25-26,33-35,37-39,45-46,49-50,57,61,75-77,82H,5-8,11-12,15-20,23-24,27-32,36,40-44,47-48,51-56,58-60,62-74H2,1-4H3,(H,87,88)(H,89,90)/b13-9-,14-10-,25-21-,26-22-,37-33-,38-34-,39-35-,49-45-,50-46-,61-57-. The molecule has 0 fully saturated rings. The van der Waals surface area contributed by atoms with Crippen molar-refractivity contribution in [2.75, 3.05) is 39.6 Å². The number of aliphatic hydroxyl groups excluding tert-OH is 1. The van der Waals surface area contributed by atoms with E-state index in [4.69, 9.17) is 37.0 Å². The lowest BCUT2D eigenvalue weighted by atomic mass is 10.0. The number of rotatable bonds is 72. The van der Waals surface area contributed by atoms with E-state index < -0.39 is 97.5 Å². The molecule has 0 saturated carbocycles. The molecule has 0 aromatic heterocycles. The molecule has 5 atom stereocenters. The van der Waals surface area contributed by atoms with E-state index in [0.717, 1.165) is 128 Å². The van der Waals surface area contributed by atoms with Crippen LogP contribution in [0, 0.1) is 0 Å². The van der Waals surface area contributed by atoms with Crippen molar-refractivity contribution >= 4 is 39.5 Å². The van der Waals surface area contributed by atoms with Gasteiger partial charge in [-0.2, -0.15) is 0 Å². The summed E-state index contributed by atoms with van der Waals surface area (Å²) >= 11 is 0. The minimum Gasteiger partial charge on any atom is -0.462 e. The van der Waals surface area contributed by atoms with E-state index in [1.165, 1.54) is 103 Å². The number of hydrogen-bond acceptors (Lipinski definition) is 15. The number of carbonyl (C=O) groups excluding carboxylic acids is 4. The van der Waals surface area contributed by atoms with Crippen molar-refractivity contribution in [3.05, 3.63) is 122 Å². The molecule has 0 bridgehead atoms. The molecule has 100 heavy (non-hydrogen) atoms. The van der Waals surface area contributed by atoms with E-state index in [9.17, 15) is 43.2 Å². The summed E-state index contributed by atoms with van der Waals surface area (Å²) in [5.41, 5.74) is 0. The van der Waals surface area contributed by atoms with Gasteiger partial charge in [0.25, 0.3) is 0 Å². The van der Waals surface area contributed by atoms with Crippen LogP contribution < -0.4 is 0 Å². The van der Waals surface area contributed by atoms with E-state index in [-0.39, 0.29) is 25.7 Å². The summed E-state index contributed by atoms with van der Waals surface area (Å²) < 4.78 is 68.4. The Morgan fingerprint density at radius 3 is 0.920 bits per heavy atom. The molecule has 3 N–H and O–H groups in total. The first-order valence-electron chi connectivity index (χ1n) is 38.8. The summed E-state index contributed by atoms with van der Waals surface area (Å²) in [6.07, 6.45) is 79.3. The fraction of sp³-hybridized carbons (Fsp3) is 0.704. The van der Waals surface area contributed by atoms with Crippen molar-refractivity contribution < 1.29 is 80.2 Å². The van der Waals surface area contributed by atoms with E-state index in [0.29, 0.717) is 25.7 Å². The van der Waals surface area contributed by atoms with Crippen LogP contribution in [0.3, 0.4) is 0 Å². The van der Waals surface area contributed by atoms with Gasteiger partial charge in [0, 0.05) is 19.3 Å². The molecule has 0 aliphatic rings. The number of allylic oxidation sites excluding steroid dienone is 19.